The number of nitrogens with zero attached hydrogens (tertiary/aromatic N) is 2. The van der Waals surface area contributed by atoms with Gasteiger partial charge in [-0.1, -0.05) is 0 Å². The smallest absolute Gasteiger partial charge is 0.339 e. The average Bonchev–Trinajstić information content (AvgIpc) is 3.54. The third-order valence-electron chi connectivity index (χ3n) is 8.29. The molecule has 2 aromatic carbocycles. The third kappa shape index (κ3) is 3.49. The number of anilines is 1. The van der Waals surface area contributed by atoms with Crippen molar-refractivity contribution in [3.05, 3.63) is 71.9 Å². The molecule has 1 saturated heterocycles. The highest BCUT2D eigenvalue weighted by molar-refractivity contribution is 7.91. The number of quaternary nitrogens is 1. The van der Waals surface area contributed by atoms with Gasteiger partial charge in [0.05, 0.1) is 18.5 Å². The Morgan fingerprint density at radius 2 is 1.84 bits per heavy atom. The number of hydrogen-bond donors (Lipinski definition) is 2. The van der Waals surface area contributed by atoms with Crippen molar-refractivity contribution in [2.45, 2.75) is 49.0 Å². The predicted octanol–water partition coefficient (Wildman–Crippen LogP) is 3.72. The largest absolute Gasteiger partial charge is 0.432 e. The van der Waals surface area contributed by atoms with E-state index in [-0.39, 0.29) is 16.8 Å². The van der Waals surface area contributed by atoms with Crippen molar-refractivity contribution < 1.29 is 26.8 Å². The van der Waals surface area contributed by atoms with Crippen LogP contribution in [-0.4, -0.2) is 44.3 Å². The molecule has 11 heteroatoms. The maximum Gasteiger partial charge on any atom is 0.339 e. The fourth-order valence-corrected chi connectivity index (χ4v) is 8.90. The first-order valence-electron chi connectivity index (χ1n) is 12.7. The van der Waals surface area contributed by atoms with Crippen LogP contribution in [0.3, 0.4) is 0 Å². The van der Waals surface area contributed by atoms with Crippen LogP contribution in [0.1, 0.15) is 48.5 Å². The number of benzene rings is 2. The summed E-state index contributed by atoms with van der Waals surface area (Å²) >= 11 is 0. The van der Waals surface area contributed by atoms with Gasteiger partial charge in [0.2, 0.25) is 0 Å². The van der Waals surface area contributed by atoms with Crippen LogP contribution in [-0.2, 0) is 20.2 Å². The summed E-state index contributed by atoms with van der Waals surface area (Å²) in [7, 11) is -4.36. The summed E-state index contributed by atoms with van der Waals surface area (Å²) < 4.78 is 47.2. The molecule has 9 nitrogen and oxygen atoms in total. The molecule has 198 valence electrons. The highest BCUT2D eigenvalue weighted by atomic mass is 32.2. The Bertz CT molecular complexity index is 1510. The molecule has 1 saturated carbocycles. The molecule has 1 aliphatic carbocycles. The summed E-state index contributed by atoms with van der Waals surface area (Å²) in [5.41, 5.74) is 0.752. The molecule has 2 unspecified atom stereocenters. The van der Waals surface area contributed by atoms with Crippen molar-refractivity contribution >= 4 is 33.5 Å². The van der Waals surface area contributed by atoms with Crippen molar-refractivity contribution in [1.82, 2.24) is 14.2 Å². The molecule has 3 heterocycles. The van der Waals surface area contributed by atoms with Crippen LogP contribution in [0.2, 0.25) is 0 Å². The molecule has 6 rings (SSSR count). The van der Waals surface area contributed by atoms with Gasteiger partial charge in [0, 0.05) is 23.1 Å². The topological polar surface area (TPSA) is 118 Å². The van der Waals surface area contributed by atoms with E-state index >= 15 is 0 Å². The van der Waals surface area contributed by atoms with Gasteiger partial charge in [-0.05, 0) is 75.2 Å². The number of carbonyl (C=O) groups is 2. The minimum absolute atomic E-state index is 0.0178. The number of fused-ring (bicyclic) bond motifs is 2. The molecule has 3 aromatic rings. The summed E-state index contributed by atoms with van der Waals surface area (Å²) in [6.45, 7) is 2.64. The average molecular weight is 540 g/mol. The van der Waals surface area contributed by atoms with Crippen molar-refractivity contribution in [2.24, 2.45) is 5.92 Å². The second-order valence-corrected chi connectivity index (χ2v) is 12.3. The van der Waals surface area contributed by atoms with Crippen LogP contribution in [0.5, 0.6) is 0 Å². The molecule has 0 radical (unpaired) electrons. The summed E-state index contributed by atoms with van der Waals surface area (Å²) in [5.74, 6) is -1.50. The van der Waals surface area contributed by atoms with E-state index < -0.39 is 43.0 Å². The Balaban J connectivity index is 1.59. The van der Waals surface area contributed by atoms with Gasteiger partial charge in [0.15, 0.2) is 5.69 Å². The molecule has 1 spiro atoms. The lowest BCUT2D eigenvalue weighted by Gasteiger charge is -2.43. The lowest BCUT2D eigenvalue weighted by atomic mass is 9.68. The molecule has 3 aliphatic rings. The van der Waals surface area contributed by atoms with Gasteiger partial charge in [-0.25, -0.2) is 14.2 Å². The van der Waals surface area contributed by atoms with Crippen LogP contribution < -0.4 is 14.5 Å². The van der Waals surface area contributed by atoms with Gasteiger partial charge in [-0.2, -0.15) is 8.42 Å². The van der Waals surface area contributed by atoms with Crippen LogP contribution in [0, 0.1) is 11.7 Å². The molecule has 2 atom stereocenters. The van der Waals surface area contributed by atoms with Gasteiger partial charge >= 0.3 is 21.9 Å². The minimum atomic E-state index is -4.36. The first kappa shape index (κ1) is 24.9. The highest BCUT2D eigenvalue weighted by Gasteiger charge is 2.73. The zero-order valence-corrected chi connectivity index (χ0v) is 21.6. The van der Waals surface area contributed by atoms with Gasteiger partial charge in [-0.3, -0.25) is 10.1 Å². The Morgan fingerprint density at radius 3 is 2.45 bits per heavy atom. The number of hydrogen-bond acceptors (Lipinski definition) is 7. The standard InChI is InChI=1S/C27H27FN4O5S/c1-17(33)32(38(35,36)21-7-5-20(28)6-8-21)23-9-4-19(25(34)31-26-30-14-15-37-26)16-22(23)27(10-12-29-13-11-27)24(32)18-2-3-18/h4-9,14-16,18,24,29H,2-3,10-13H2,1H3/p+1. The normalized spacial score (nSPS) is 24.2. The summed E-state index contributed by atoms with van der Waals surface area (Å²) in [6, 6.07) is 9.02. The molecule has 1 aromatic heterocycles. The fraction of sp³-hybridized carbons (Fsp3) is 0.370. The number of nitrogens with one attached hydrogen (secondary N) is 2. The number of piperidine rings is 1. The lowest BCUT2D eigenvalue weighted by molar-refractivity contribution is -0.126. The maximum atomic E-state index is 14.6. The summed E-state index contributed by atoms with van der Waals surface area (Å²) in [5, 5.41) is 5.98. The van der Waals surface area contributed by atoms with Gasteiger partial charge < -0.3 is 9.73 Å². The molecule has 38 heavy (non-hydrogen) atoms. The number of aromatic nitrogens is 1. The quantitative estimate of drug-likeness (QED) is 0.475. The number of halogens is 1. The first-order chi connectivity index (χ1) is 18.2. The van der Waals surface area contributed by atoms with Crippen molar-refractivity contribution in [3.8, 4) is 0 Å². The number of carbonyl (C=O) groups excluding carboxylic acids is 2. The monoisotopic (exact) mass is 539 g/mol. The van der Waals surface area contributed by atoms with E-state index in [9.17, 15) is 22.4 Å². The number of oxazole rings is 1. The molecule has 2 fully saturated rings. The maximum absolute atomic E-state index is 14.6. The van der Waals surface area contributed by atoms with Crippen molar-refractivity contribution in [2.75, 3.05) is 18.4 Å². The molecule has 2 N–H and O–H groups in total. The van der Waals surface area contributed by atoms with Crippen molar-refractivity contribution in [1.29, 1.82) is 0 Å². The van der Waals surface area contributed by atoms with E-state index in [1.807, 2.05) is 0 Å². The molecular weight excluding hydrogens is 511 g/mol. The van der Waals surface area contributed by atoms with E-state index in [4.69, 9.17) is 4.42 Å². The lowest BCUT2D eigenvalue weighted by Crippen LogP contribution is -2.67. The van der Waals surface area contributed by atoms with Crippen molar-refractivity contribution in [3.63, 3.8) is 0 Å². The summed E-state index contributed by atoms with van der Waals surface area (Å²) in [6.07, 6.45) is 5.65. The van der Waals surface area contributed by atoms with Crippen LogP contribution >= 0.6 is 0 Å². The SMILES string of the molecule is CC(=O)[N+]1(S(=O)(=O)c2ccc(F)cc2)c2ccc(C(=O)Nc3ncco3)cc2C2(CCNCC2)C1C1CC1. The number of amides is 2. The predicted molar refractivity (Wildman–Crippen MR) is 137 cm³/mol. The first-order valence-corrected chi connectivity index (χ1v) is 14.1. The van der Waals surface area contributed by atoms with E-state index in [1.165, 1.54) is 37.6 Å². The van der Waals surface area contributed by atoms with Crippen LogP contribution in [0.15, 0.2) is 64.2 Å². The summed E-state index contributed by atoms with van der Waals surface area (Å²) in [4.78, 5) is 30.8. The van der Waals surface area contributed by atoms with Gasteiger partial charge in [0.1, 0.15) is 23.0 Å². The Morgan fingerprint density at radius 1 is 1.13 bits per heavy atom. The minimum Gasteiger partial charge on any atom is -0.432 e. The van der Waals surface area contributed by atoms with Crippen LogP contribution in [0.4, 0.5) is 16.1 Å². The Labute approximate surface area is 219 Å². The Kier molecular flexibility index (Phi) is 5.78. The fourth-order valence-electron chi connectivity index (χ4n) is 6.66. The zero-order chi connectivity index (χ0) is 26.7. The molecule has 2 aliphatic heterocycles. The third-order valence-corrected chi connectivity index (χ3v) is 10.6. The zero-order valence-electron chi connectivity index (χ0n) is 20.8. The van der Waals surface area contributed by atoms with E-state index in [1.54, 1.807) is 12.1 Å². The molecule has 0 bridgehead atoms. The Hall–Kier alpha value is -3.41. The number of rotatable bonds is 5. The second-order valence-electron chi connectivity index (χ2n) is 10.3. The van der Waals surface area contributed by atoms with Crippen LogP contribution in [0.25, 0.3) is 0 Å². The van der Waals surface area contributed by atoms with Gasteiger partial charge in [0.25, 0.3) is 5.91 Å². The van der Waals surface area contributed by atoms with E-state index in [0.717, 1.165) is 25.0 Å². The highest BCUT2D eigenvalue weighted by Crippen LogP contribution is 2.62. The van der Waals surface area contributed by atoms with Gasteiger partial charge in [-0.15, -0.1) is 3.89 Å². The van der Waals surface area contributed by atoms with E-state index in [2.05, 4.69) is 15.6 Å². The van der Waals surface area contributed by atoms with E-state index in [0.29, 0.717) is 42.7 Å². The number of sulfonamides is 1. The second kappa shape index (κ2) is 8.82. The molecule has 2 amide bonds. The molecular formula is C27H28FN4O5S+.